The highest BCUT2D eigenvalue weighted by molar-refractivity contribution is 5.36. The van der Waals surface area contributed by atoms with Crippen LogP contribution in [-0.4, -0.2) is 41.7 Å². The van der Waals surface area contributed by atoms with E-state index >= 15 is 0 Å². The number of hydrogen-bond acceptors (Lipinski definition) is 6. The molecule has 21 heavy (non-hydrogen) atoms. The molecular formula is C14H19NO6. The van der Waals surface area contributed by atoms with E-state index in [1.54, 1.807) is 0 Å². The van der Waals surface area contributed by atoms with E-state index in [4.69, 9.17) is 14.2 Å². The Labute approximate surface area is 122 Å². The molecule has 1 N–H and O–H groups in total. The number of rotatable bonds is 5. The first-order valence-electron chi connectivity index (χ1n) is 6.72. The van der Waals surface area contributed by atoms with Crippen LogP contribution in [0.5, 0.6) is 5.75 Å². The maximum absolute atomic E-state index is 10.5. The monoisotopic (exact) mass is 297 g/mol. The molecule has 1 saturated heterocycles. The van der Waals surface area contributed by atoms with E-state index in [1.807, 2.05) is 13.8 Å². The molecule has 7 heteroatoms. The third-order valence-corrected chi connectivity index (χ3v) is 3.13. The SMILES string of the molecule is CC(C)C1OCC(O)(COc2ccc([N+](=O)[O-])cc2)CO1. The fraction of sp³-hybridized carbons (Fsp3) is 0.571. The van der Waals surface area contributed by atoms with Crippen molar-refractivity contribution in [2.45, 2.75) is 25.7 Å². The third kappa shape index (κ3) is 4.13. The minimum atomic E-state index is -1.22. The summed E-state index contributed by atoms with van der Waals surface area (Å²) in [6.45, 7) is 4.20. The average Bonchev–Trinajstić information content (AvgIpc) is 2.46. The molecule has 0 amide bonds. The molecule has 1 heterocycles. The predicted molar refractivity (Wildman–Crippen MR) is 74.1 cm³/mol. The molecule has 0 spiro atoms. The topological polar surface area (TPSA) is 91.1 Å². The van der Waals surface area contributed by atoms with E-state index in [0.717, 1.165) is 0 Å². The summed E-state index contributed by atoms with van der Waals surface area (Å²) in [4.78, 5) is 10.1. The van der Waals surface area contributed by atoms with Crippen molar-refractivity contribution in [3.63, 3.8) is 0 Å². The van der Waals surface area contributed by atoms with Crippen molar-refractivity contribution in [1.82, 2.24) is 0 Å². The van der Waals surface area contributed by atoms with Gasteiger partial charge in [-0.05, 0) is 12.1 Å². The summed E-state index contributed by atoms with van der Waals surface area (Å²) in [5, 5.41) is 20.8. The number of nitro groups is 1. The summed E-state index contributed by atoms with van der Waals surface area (Å²) < 4.78 is 16.4. The highest BCUT2D eigenvalue weighted by atomic mass is 16.7. The summed E-state index contributed by atoms with van der Waals surface area (Å²) in [6, 6.07) is 5.68. The second kappa shape index (κ2) is 6.38. The van der Waals surface area contributed by atoms with E-state index in [2.05, 4.69) is 0 Å². The number of benzene rings is 1. The van der Waals surface area contributed by atoms with Gasteiger partial charge in [0.05, 0.1) is 18.1 Å². The van der Waals surface area contributed by atoms with Crippen LogP contribution in [0.2, 0.25) is 0 Å². The number of ether oxygens (including phenoxy) is 3. The van der Waals surface area contributed by atoms with Crippen molar-refractivity contribution in [1.29, 1.82) is 0 Å². The summed E-state index contributed by atoms with van der Waals surface area (Å²) >= 11 is 0. The summed E-state index contributed by atoms with van der Waals surface area (Å²) in [5.41, 5.74) is -1.22. The first-order chi connectivity index (χ1) is 9.89. The molecule has 7 nitrogen and oxygen atoms in total. The lowest BCUT2D eigenvalue weighted by atomic mass is 10.1. The number of aliphatic hydroxyl groups is 1. The molecule has 1 aliphatic heterocycles. The highest BCUT2D eigenvalue weighted by Crippen LogP contribution is 2.23. The van der Waals surface area contributed by atoms with E-state index in [-0.39, 0.29) is 37.7 Å². The van der Waals surface area contributed by atoms with Gasteiger partial charge in [-0.1, -0.05) is 13.8 Å². The second-order valence-corrected chi connectivity index (χ2v) is 5.50. The zero-order valence-electron chi connectivity index (χ0n) is 12.0. The second-order valence-electron chi connectivity index (χ2n) is 5.50. The lowest BCUT2D eigenvalue weighted by Crippen LogP contribution is -2.52. The molecule has 0 bridgehead atoms. The van der Waals surface area contributed by atoms with Gasteiger partial charge >= 0.3 is 0 Å². The van der Waals surface area contributed by atoms with E-state index in [0.29, 0.717) is 5.75 Å². The largest absolute Gasteiger partial charge is 0.490 e. The van der Waals surface area contributed by atoms with Gasteiger partial charge in [-0.25, -0.2) is 0 Å². The Bertz CT molecular complexity index is 479. The van der Waals surface area contributed by atoms with Crippen LogP contribution in [0.3, 0.4) is 0 Å². The molecule has 0 atom stereocenters. The minimum Gasteiger partial charge on any atom is -0.490 e. The van der Waals surface area contributed by atoms with Gasteiger partial charge in [0.25, 0.3) is 5.69 Å². The van der Waals surface area contributed by atoms with Gasteiger partial charge < -0.3 is 19.3 Å². The minimum absolute atomic E-state index is 0.00434. The molecule has 0 aromatic heterocycles. The van der Waals surface area contributed by atoms with Crippen LogP contribution in [0.4, 0.5) is 5.69 Å². The van der Waals surface area contributed by atoms with Crippen LogP contribution in [0, 0.1) is 16.0 Å². The Hall–Kier alpha value is -1.70. The summed E-state index contributed by atoms with van der Waals surface area (Å²) in [5.74, 6) is 0.658. The van der Waals surface area contributed by atoms with Crippen LogP contribution in [-0.2, 0) is 9.47 Å². The highest BCUT2D eigenvalue weighted by Gasteiger charge is 2.36. The third-order valence-electron chi connectivity index (χ3n) is 3.13. The molecule has 0 unspecified atom stereocenters. The summed E-state index contributed by atoms with van der Waals surface area (Å²) in [6.07, 6.45) is -0.315. The normalized spacial score (nSPS) is 25.8. The van der Waals surface area contributed by atoms with Crippen LogP contribution in [0.1, 0.15) is 13.8 Å². The lowest BCUT2D eigenvalue weighted by molar-refractivity contribution is -0.384. The van der Waals surface area contributed by atoms with Crippen molar-refractivity contribution in [2.75, 3.05) is 19.8 Å². The van der Waals surface area contributed by atoms with Gasteiger partial charge in [0, 0.05) is 18.1 Å². The zero-order valence-corrected chi connectivity index (χ0v) is 12.0. The molecular weight excluding hydrogens is 278 g/mol. The molecule has 0 radical (unpaired) electrons. The van der Waals surface area contributed by atoms with Gasteiger partial charge in [-0.3, -0.25) is 10.1 Å². The molecule has 1 fully saturated rings. The Morgan fingerprint density at radius 1 is 1.38 bits per heavy atom. The standard InChI is InChI=1S/C14H19NO6/c1-10(2)13-20-8-14(16,9-21-13)7-19-12-5-3-11(4-6-12)15(17)18/h3-6,10,13,16H,7-9H2,1-2H3. The van der Waals surface area contributed by atoms with Crippen molar-refractivity contribution in [2.24, 2.45) is 5.92 Å². The van der Waals surface area contributed by atoms with Gasteiger partial charge in [0.15, 0.2) is 6.29 Å². The maximum atomic E-state index is 10.5. The number of nitro benzene ring substituents is 1. The van der Waals surface area contributed by atoms with Gasteiger partial charge in [0.1, 0.15) is 18.0 Å². The molecule has 2 rings (SSSR count). The Morgan fingerprint density at radius 2 is 1.95 bits per heavy atom. The molecule has 0 aliphatic carbocycles. The lowest BCUT2D eigenvalue weighted by Gasteiger charge is -2.37. The van der Waals surface area contributed by atoms with Gasteiger partial charge in [-0.2, -0.15) is 0 Å². The van der Waals surface area contributed by atoms with Gasteiger partial charge in [-0.15, -0.1) is 0 Å². The number of non-ortho nitro benzene ring substituents is 1. The van der Waals surface area contributed by atoms with Crippen LogP contribution >= 0.6 is 0 Å². The first-order valence-corrected chi connectivity index (χ1v) is 6.72. The average molecular weight is 297 g/mol. The van der Waals surface area contributed by atoms with Crippen LogP contribution < -0.4 is 4.74 Å². The quantitative estimate of drug-likeness (QED) is 0.657. The first kappa shape index (κ1) is 15.7. The smallest absolute Gasteiger partial charge is 0.269 e. The van der Waals surface area contributed by atoms with Crippen molar-refractivity contribution < 1.29 is 24.2 Å². The molecule has 1 aromatic rings. The molecule has 116 valence electrons. The molecule has 0 saturated carbocycles. The van der Waals surface area contributed by atoms with E-state index < -0.39 is 10.5 Å². The Morgan fingerprint density at radius 3 is 2.43 bits per heavy atom. The zero-order chi connectivity index (χ0) is 15.5. The number of nitrogens with zero attached hydrogens (tertiary/aromatic N) is 1. The predicted octanol–water partition coefficient (Wildman–Crippen LogP) is 1.73. The fourth-order valence-electron chi connectivity index (χ4n) is 1.91. The fourth-order valence-corrected chi connectivity index (χ4v) is 1.91. The number of hydrogen-bond donors (Lipinski definition) is 1. The Balaban J connectivity index is 1.86. The van der Waals surface area contributed by atoms with E-state index in [9.17, 15) is 15.2 Å². The maximum Gasteiger partial charge on any atom is 0.269 e. The van der Waals surface area contributed by atoms with Gasteiger partial charge in [0.2, 0.25) is 0 Å². The summed E-state index contributed by atoms with van der Waals surface area (Å²) in [7, 11) is 0. The van der Waals surface area contributed by atoms with Crippen molar-refractivity contribution in [3.8, 4) is 5.75 Å². The molecule has 1 aromatic carbocycles. The van der Waals surface area contributed by atoms with Crippen LogP contribution in [0.15, 0.2) is 24.3 Å². The molecule has 1 aliphatic rings. The van der Waals surface area contributed by atoms with E-state index in [1.165, 1.54) is 24.3 Å². The Kier molecular flexibility index (Phi) is 4.76. The van der Waals surface area contributed by atoms with Crippen LogP contribution in [0.25, 0.3) is 0 Å². The van der Waals surface area contributed by atoms with Crippen molar-refractivity contribution in [3.05, 3.63) is 34.4 Å². The van der Waals surface area contributed by atoms with Crippen molar-refractivity contribution >= 4 is 5.69 Å².